The van der Waals surface area contributed by atoms with Crippen molar-refractivity contribution >= 4 is 22.7 Å². The summed E-state index contributed by atoms with van der Waals surface area (Å²) in [5, 5.41) is 9.98. The highest BCUT2D eigenvalue weighted by atomic mass is 15.3. The lowest BCUT2D eigenvalue weighted by Crippen LogP contribution is -2.48. The average Bonchev–Trinajstić information content (AvgIpc) is 2.91. The number of hydrogen-bond donors (Lipinski definition) is 0. The van der Waals surface area contributed by atoms with Crippen LogP contribution in [-0.4, -0.2) is 60.7 Å². The van der Waals surface area contributed by atoms with Crippen LogP contribution < -0.4 is 9.80 Å². The van der Waals surface area contributed by atoms with Gasteiger partial charge in [0.1, 0.15) is 5.82 Å². The first-order chi connectivity index (χ1) is 13.1. The van der Waals surface area contributed by atoms with Gasteiger partial charge in [0, 0.05) is 44.2 Å². The number of piperidine rings is 1. The van der Waals surface area contributed by atoms with Gasteiger partial charge in [-0.3, -0.25) is 0 Å². The van der Waals surface area contributed by atoms with E-state index in [1.54, 1.807) is 0 Å². The lowest BCUT2D eigenvalue weighted by atomic mass is 9.97. The molecule has 2 aromatic rings. The Kier molecular flexibility index (Phi) is 4.88. The Balaban J connectivity index is 1.66. The van der Waals surface area contributed by atoms with Crippen LogP contribution in [0.4, 0.5) is 11.8 Å². The van der Waals surface area contributed by atoms with Crippen molar-refractivity contribution in [3.8, 4) is 6.07 Å². The first-order valence-electron chi connectivity index (χ1n) is 9.88. The van der Waals surface area contributed by atoms with Crippen molar-refractivity contribution in [2.45, 2.75) is 50.2 Å². The van der Waals surface area contributed by atoms with E-state index in [2.05, 4.69) is 40.9 Å². The maximum Gasteiger partial charge on any atom is 0.227 e. The van der Waals surface area contributed by atoms with E-state index in [4.69, 9.17) is 15.2 Å². The van der Waals surface area contributed by atoms with Crippen LogP contribution in [0.25, 0.3) is 10.9 Å². The van der Waals surface area contributed by atoms with Gasteiger partial charge in [-0.25, -0.2) is 4.98 Å². The summed E-state index contributed by atoms with van der Waals surface area (Å²) >= 11 is 0. The van der Waals surface area contributed by atoms with E-state index in [1.165, 1.54) is 25.7 Å². The second-order valence-electron chi connectivity index (χ2n) is 7.98. The number of anilines is 2. The Bertz CT molecular complexity index is 845. The molecule has 4 rings (SSSR count). The molecule has 0 spiro atoms. The first kappa shape index (κ1) is 18.0. The largest absolute Gasteiger partial charge is 0.358 e. The zero-order valence-electron chi connectivity index (χ0n) is 16.5. The van der Waals surface area contributed by atoms with Crippen LogP contribution in [0.2, 0.25) is 0 Å². The molecule has 0 N–H and O–H groups in total. The number of nitrogens with zero attached hydrogens (tertiary/aromatic N) is 6. The van der Waals surface area contributed by atoms with Crippen LogP contribution in [0.3, 0.4) is 0 Å². The molecule has 2 aliphatic heterocycles. The number of hydrogen-bond acceptors (Lipinski definition) is 6. The molecular formula is C21H28N6. The van der Waals surface area contributed by atoms with Crippen LogP contribution >= 0.6 is 0 Å². The smallest absolute Gasteiger partial charge is 0.227 e. The van der Waals surface area contributed by atoms with Gasteiger partial charge in [-0.2, -0.15) is 10.2 Å². The van der Waals surface area contributed by atoms with Crippen LogP contribution in [-0.2, 0) is 0 Å². The molecule has 1 aromatic carbocycles. The quantitative estimate of drug-likeness (QED) is 0.813. The number of rotatable bonds is 5. The Morgan fingerprint density at radius 2 is 1.85 bits per heavy atom. The van der Waals surface area contributed by atoms with Crippen molar-refractivity contribution in [2.24, 2.45) is 0 Å². The maximum atomic E-state index is 8.94. The minimum Gasteiger partial charge on any atom is -0.358 e. The molecule has 3 atom stereocenters. The predicted octanol–water partition coefficient (Wildman–Crippen LogP) is 3.04. The Labute approximate surface area is 161 Å². The molecule has 27 heavy (non-hydrogen) atoms. The minimum atomic E-state index is 0.483. The van der Waals surface area contributed by atoms with Crippen molar-refractivity contribution in [1.82, 2.24) is 14.9 Å². The molecule has 2 aliphatic rings. The van der Waals surface area contributed by atoms with E-state index in [0.717, 1.165) is 22.7 Å². The third kappa shape index (κ3) is 3.32. The molecule has 3 heterocycles. The molecule has 0 saturated carbocycles. The van der Waals surface area contributed by atoms with Gasteiger partial charge in [-0.15, -0.1) is 0 Å². The fourth-order valence-electron chi connectivity index (χ4n) is 4.68. The second-order valence-corrected chi connectivity index (χ2v) is 7.98. The Morgan fingerprint density at radius 3 is 2.56 bits per heavy atom. The van der Waals surface area contributed by atoms with Crippen LogP contribution in [0.1, 0.15) is 32.1 Å². The minimum absolute atomic E-state index is 0.483. The van der Waals surface area contributed by atoms with Gasteiger partial charge < -0.3 is 14.7 Å². The van der Waals surface area contributed by atoms with E-state index in [9.17, 15) is 0 Å². The first-order valence-corrected chi connectivity index (χ1v) is 9.88. The van der Waals surface area contributed by atoms with Crippen molar-refractivity contribution in [3.05, 3.63) is 24.3 Å². The van der Waals surface area contributed by atoms with Gasteiger partial charge in [-0.05, 0) is 44.9 Å². The molecule has 1 aromatic heterocycles. The fraction of sp³-hybridized carbons (Fsp3) is 0.571. The average molecular weight is 364 g/mol. The molecule has 2 saturated heterocycles. The highest BCUT2D eigenvalue weighted by Gasteiger charge is 2.40. The molecule has 0 radical (unpaired) electrons. The summed E-state index contributed by atoms with van der Waals surface area (Å²) in [7, 11) is 6.41. The molecule has 2 fully saturated rings. The van der Waals surface area contributed by atoms with Crippen LogP contribution in [0, 0.1) is 11.3 Å². The number of aromatic nitrogens is 2. The van der Waals surface area contributed by atoms with E-state index < -0.39 is 0 Å². The molecule has 6 heteroatoms. The highest BCUT2D eigenvalue weighted by Crippen LogP contribution is 2.37. The second kappa shape index (κ2) is 7.32. The van der Waals surface area contributed by atoms with Crippen molar-refractivity contribution in [2.75, 3.05) is 37.5 Å². The summed E-state index contributed by atoms with van der Waals surface area (Å²) in [6, 6.07) is 12.2. The van der Waals surface area contributed by atoms with Crippen molar-refractivity contribution in [1.29, 1.82) is 5.26 Å². The van der Waals surface area contributed by atoms with Gasteiger partial charge in [0.2, 0.25) is 5.95 Å². The molecule has 6 nitrogen and oxygen atoms in total. The van der Waals surface area contributed by atoms with Crippen LogP contribution in [0.15, 0.2) is 24.3 Å². The lowest BCUT2D eigenvalue weighted by Gasteiger charge is -2.40. The third-order valence-corrected chi connectivity index (χ3v) is 6.43. The van der Waals surface area contributed by atoms with Crippen LogP contribution in [0.5, 0.6) is 0 Å². The molecule has 2 bridgehead atoms. The normalized spacial score (nSPS) is 24.7. The van der Waals surface area contributed by atoms with E-state index >= 15 is 0 Å². The summed E-state index contributed by atoms with van der Waals surface area (Å²) < 4.78 is 0. The van der Waals surface area contributed by atoms with Gasteiger partial charge >= 0.3 is 0 Å². The summed E-state index contributed by atoms with van der Waals surface area (Å²) in [6.07, 6.45) is 5.47. The third-order valence-electron chi connectivity index (χ3n) is 6.43. The SMILES string of the molecule is CN(CCC#N)c1nc(N(C)C2C[C@H]3CC[C@@H](C2)N3C)nc2ccccc12. The molecule has 1 unspecified atom stereocenters. The van der Waals surface area contributed by atoms with Gasteiger partial charge in [-0.1, -0.05) is 12.1 Å². The molecule has 0 aliphatic carbocycles. The van der Waals surface area contributed by atoms with E-state index in [0.29, 0.717) is 31.1 Å². The van der Waals surface area contributed by atoms with Gasteiger partial charge in [0.25, 0.3) is 0 Å². The van der Waals surface area contributed by atoms with Crippen molar-refractivity contribution in [3.63, 3.8) is 0 Å². The molecule has 142 valence electrons. The van der Waals surface area contributed by atoms with Gasteiger partial charge in [0.15, 0.2) is 0 Å². The van der Waals surface area contributed by atoms with Gasteiger partial charge in [0.05, 0.1) is 18.0 Å². The summed E-state index contributed by atoms with van der Waals surface area (Å²) in [6.45, 7) is 0.666. The highest BCUT2D eigenvalue weighted by molar-refractivity contribution is 5.90. The number of fused-ring (bicyclic) bond motifs is 3. The predicted molar refractivity (Wildman–Crippen MR) is 109 cm³/mol. The standard InChI is InChI=1S/C21H28N6/c1-25(12-6-11-22)20-18-7-4-5-8-19(18)23-21(24-20)27(3)17-13-15-9-10-16(14-17)26(15)2/h4-5,7-8,15-17H,6,9-10,12-14H2,1-3H3/t15-,16+,17?. The topological polar surface area (TPSA) is 59.3 Å². The summed E-state index contributed by atoms with van der Waals surface area (Å²) in [4.78, 5) is 16.7. The molecule has 0 amide bonds. The Hall–Kier alpha value is -2.39. The van der Waals surface area contributed by atoms with E-state index in [-0.39, 0.29) is 0 Å². The Morgan fingerprint density at radius 1 is 1.15 bits per heavy atom. The van der Waals surface area contributed by atoms with Crippen molar-refractivity contribution < 1.29 is 0 Å². The monoisotopic (exact) mass is 364 g/mol. The zero-order valence-corrected chi connectivity index (χ0v) is 16.5. The number of nitriles is 1. The summed E-state index contributed by atoms with van der Waals surface area (Å²) in [5.74, 6) is 1.70. The lowest BCUT2D eigenvalue weighted by molar-refractivity contribution is 0.160. The fourth-order valence-corrected chi connectivity index (χ4v) is 4.68. The molecular weight excluding hydrogens is 336 g/mol. The summed E-state index contributed by atoms with van der Waals surface area (Å²) in [5.41, 5.74) is 0.962. The van der Waals surface area contributed by atoms with E-state index in [1.807, 2.05) is 25.2 Å². The maximum absolute atomic E-state index is 8.94. The number of para-hydroxylation sites is 1. The zero-order chi connectivity index (χ0) is 19.0. The number of benzene rings is 1.